The van der Waals surface area contributed by atoms with Crippen LogP contribution in [-0.4, -0.2) is 48.5 Å². The van der Waals surface area contributed by atoms with Crippen molar-refractivity contribution in [2.75, 3.05) is 11.9 Å². The third kappa shape index (κ3) is 5.02. The Balaban J connectivity index is 2.11. The molecule has 2 rings (SSSR count). The van der Waals surface area contributed by atoms with E-state index in [1.54, 1.807) is 0 Å². The van der Waals surface area contributed by atoms with Crippen molar-refractivity contribution in [3.63, 3.8) is 0 Å². The van der Waals surface area contributed by atoms with Crippen LogP contribution in [0.15, 0.2) is 18.2 Å². The molecule has 0 aromatic heterocycles. The van der Waals surface area contributed by atoms with E-state index >= 15 is 0 Å². The first-order chi connectivity index (χ1) is 14.1. The van der Waals surface area contributed by atoms with Crippen LogP contribution in [0, 0.1) is 11.2 Å². The van der Waals surface area contributed by atoms with Crippen LogP contribution >= 0.6 is 0 Å². The lowest BCUT2D eigenvalue weighted by molar-refractivity contribution is -0.278. The first kappa shape index (κ1) is 24.3. The smallest absolute Gasteiger partial charge is 0.455 e. The number of ether oxygens (including phenoxy) is 1. The lowest BCUT2D eigenvalue weighted by Crippen LogP contribution is -2.58. The third-order valence-corrected chi connectivity index (χ3v) is 4.60. The van der Waals surface area contributed by atoms with E-state index < -0.39 is 59.7 Å². The molecule has 0 aliphatic carbocycles. The number of carbonyl (C=O) groups excluding carboxylic acids is 3. The molecule has 1 aromatic rings. The van der Waals surface area contributed by atoms with Gasteiger partial charge in [0.1, 0.15) is 29.0 Å². The van der Waals surface area contributed by atoms with Gasteiger partial charge in [-0.3, -0.25) is 14.4 Å². The van der Waals surface area contributed by atoms with E-state index in [2.05, 4.69) is 10.6 Å². The van der Waals surface area contributed by atoms with Crippen LogP contribution in [0.1, 0.15) is 20.8 Å². The van der Waals surface area contributed by atoms with Gasteiger partial charge < -0.3 is 20.7 Å². The molecule has 13 heteroatoms. The number of carbonyl (C=O) groups is 3. The lowest BCUT2D eigenvalue weighted by Gasteiger charge is -2.28. The Morgan fingerprint density at radius 1 is 1.13 bits per heavy atom. The Morgan fingerprint density at radius 2 is 1.74 bits per heavy atom. The molecule has 0 saturated carbocycles. The number of hydrogen-bond acceptors (Lipinski definition) is 4. The Hall–Kier alpha value is -2.99. The molecule has 172 valence electrons. The Bertz CT molecular complexity index is 888. The third-order valence-electron chi connectivity index (χ3n) is 4.60. The van der Waals surface area contributed by atoms with Gasteiger partial charge in [-0.05, 0) is 32.9 Å². The van der Waals surface area contributed by atoms with E-state index in [1.807, 2.05) is 0 Å². The molecule has 1 heterocycles. The number of halogens is 6. The molecule has 2 atom stereocenters. The summed E-state index contributed by atoms with van der Waals surface area (Å²) in [6, 6.07) is 2.34. The minimum Gasteiger partial charge on any atom is -0.486 e. The molecule has 1 aliphatic rings. The van der Waals surface area contributed by atoms with Crippen LogP contribution in [0.4, 0.5) is 32.0 Å². The normalized spacial score (nSPS) is 19.5. The van der Waals surface area contributed by atoms with Gasteiger partial charge in [0.05, 0.1) is 6.54 Å². The molecular weight excluding hydrogens is 436 g/mol. The average Bonchev–Trinajstić information content (AvgIpc) is 2.76. The van der Waals surface area contributed by atoms with Crippen LogP contribution < -0.4 is 20.7 Å². The van der Waals surface area contributed by atoms with Crippen molar-refractivity contribution in [2.45, 2.75) is 45.0 Å². The van der Waals surface area contributed by atoms with Crippen LogP contribution in [0.5, 0.6) is 5.75 Å². The van der Waals surface area contributed by atoms with E-state index in [0.717, 1.165) is 19.9 Å². The maximum Gasteiger partial charge on any atom is 0.455 e. The number of anilines is 1. The lowest BCUT2D eigenvalue weighted by atomic mass is 9.90. The van der Waals surface area contributed by atoms with E-state index in [1.165, 1.54) is 24.4 Å². The van der Waals surface area contributed by atoms with Crippen molar-refractivity contribution in [1.29, 1.82) is 0 Å². The number of amides is 3. The fourth-order valence-electron chi connectivity index (χ4n) is 2.53. The first-order valence-electron chi connectivity index (χ1n) is 8.88. The second-order valence-corrected chi connectivity index (χ2v) is 7.39. The monoisotopic (exact) mass is 455 g/mol. The Morgan fingerprint density at radius 3 is 2.32 bits per heavy atom. The summed E-state index contributed by atoms with van der Waals surface area (Å²) in [4.78, 5) is 37.1. The fourth-order valence-corrected chi connectivity index (χ4v) is 2.53. The highest BCUT2D eigenvalue weighted by atomic mass is 19.4. The molecule has 31 heavy (non-hydrogen) atoms. The molecule has 0 bridgehead atoms. The quantitative estimate of drug-likeness (QED) is 0.469. The number of fused-ring (bicyclic) bond motifs is 1. The molecule has 1 aliphatic heterocycles. The molecule has 7 nitrogen and oxygen atoms in total. The first-order valence-corrected chi connectivity index (χ1v) is 8.88. The molecule has 3 N–H and O–H groups in total. The van der Waals surface area contributed by atoms with Crippen molar-refractivity contribution in [2.24, 2.45) is 5.41 Å². The average molecular weight is 455 g/mol. The van der Waals surface area contributed by atoms with E-state index in [0.29, 0.717) is 0 Å². The van der Waals surface area contributed by atoms with Gasteiger partial charge in [0.2, 0.25) is 11.8 Å². The zero-order valence-electron chi connectivity index (χ0n) is 16.5. The van der Waals surface area contributed by atoms with Crippen LogP contribution in [-0.2, 0) is 14.4 Å². The number of nitrogens with one attached hydrogen (secondary N) is 3. The predicted molar refractivity (Wildman–Crippen MR) is 94.8 cm³/mol. The highest BCUT2D eigenvalue weighted by molar-refractivity contribution is 6.07. The summed E-state index contributed by atoms with van der Waals surface area (Å²) < 4.78 is 82.2. The van der Waals surface area contributed by atoms with Gasteiger partial charge in [0, 0.05) is 0 Å². The fraction of sp³-hybridized carbons (Fsp3) is 0.500. The van der Waals surface area contributed by atoms with Crippen LogP contribution in [0.25, 0.3) is 0 Å². The maximum absolute atomic E-state index is 13.9. The van der Waals surface area contributed by atoms with Crippen molar-refractivity contribution in [1.82, 2.24) is 10.6 Å². The summed E-state index contributed by atoms with van der Waals surface area (Å²) in [6.45, 7) is 1.25. The highest BCUT2D eigenvalue weighted by Gasteiger charge is 2.57. The van der Waals surface area contributed by atoms with Gasteiger partial charge >= 0.3 is 12.1 Å². The van der Waals surface area contributed by atoms with E-state index in [-0.39, 0.29) is 11.4 Å². The van der Waals surface area contributed by atoms with Gasteiger partial charge in [-0.1, -0.05) is 6.07 Å². The van der Waals surface area contributed by atoms with Crippen molar-refractivity contribution in [3.05, 3.63) is 24.0 Å². The van der Waals surface area contributed by atoms with Crippen molar-refractivity contribution < 1.29 is 45.5 Å². The van der Waals surface area contributed by atoms with Gasteiger partial charge in [0.25, 0.3) is 5.91 Å². The van der Waals surface area contributed by atoms with Gasteiger partial charge in [-0.25, -0.2) is 4.39 Å². The molecule has 0 spiro atoms. The maximum atomic E-state index is 13.9. The molecule has 0 saturated heterocycles. The molecule has 1 aromatic carbocycles. The summed E-state index contributed by atoms with van der Waals surface area (Å²) in [5.41, 5.74) is -2.39. The minimum atomic E-state index is -5.89. The van der Waals surface area contributed by atoms with Crippen molar-refractivity contribution >= 4 is 23.4 Å². The molecule has 0 radical (unpaired) electrons. The van der Waals surface area contributed by atoms with Gasteiger partial charge in [-0.2, -0.15) is 22.0 Å². The summed E-state index contributed by atoms with van der Waals surface area (Å²) >= 11 is 0. The minimum absolute atomic E-state index is 0.0102. The van der Waals surface area contributed by atoms with Crippen LogP contribution in [0.2, 0.25) is 0 Å². The van der Waals surface area contributed by atoms with Gasteiger partial charge in [0.15, 0.2) is 5.82 Å². The van der Waals surface area contributed by atoms with Crippen molar-refractivity contribution in [3.8, 4) is 5.75 Å². The number of hydrogen-bond donors (Lipinski definition) is 3. The molecule has 3 amide bonds. The van der Waals surface area contributed by atoms with E-state index in [4.69, 9.17) is 4.74 Å². The van der Waals surface area contributed by atoms with Crippen LogP contribution in [0.3, 0.4) is 0 Å². The highest BCUT2D eigenvalue weighted by Crippen LogP contribution is 2.35. The Labute approximate surface area is 172 Å². The summed E-state index contributed by atoms with van der Waals surface area (Å²) in [7, 11) is 0. The second-order valence-electron chi connectivity index (χ2n) is 7.39. The predicted octanol–water partition coefficient (Wildman–Crippen LogP) is 2.37. The zero-order valence-corrected chi connectivity index (χ0v) is 16.5. The largest absolute Gasteiger partial charge is 0.486 e. The number of para-hydroxylation sites is 1. The topological polar surface area (TPSA) is 96.5 Å². The number of alkyl halides is 5. The summed E-state index contributed by atoms with van der Waals surface area (Å²) in [5.74, 6) is -9.47. The van der Waals surface area contributed by atoms with E-state index in [9.17, 15) is 40.7 Å². The molecule has 2 unspecified atom stereocenters. The SMILES string of the molecule is CC1Oc2cccc(F)c2NC(=O)C1NC(=O)C(C)(C)C(=O)NCC(F)(F)C(F)(F)F. The zero-order chi connectivity index (χ0) is 23.8. The second kappa shape index (κ2) is 8.27. The van der Waals surface area contributed by atoms with Gasteiger partial charge in [-0.15, -0.1) is 0 Å². The number of benzene rings is 1. The Kier molecular flexibility index (Phi) is 6.48. The summed E-state index contributed by atoms with van der Waals surface area (Å²) in [6.07, 6.45) is -6.93. The number of rotatable bonds is 5. The molecule has 0 fully saturated rings. The summed E-state index contributed by atoms with van der Waals surface area (Å²) in [5, 5.41) is 5.83. The molecular formula is C18H19F6N3O4. The standard InChI is InChI=1S/C18H19F6N3O4/c1-8-11(13(28)26-12-9(19)5-4-6-10(12)31-8)27-15(30)16(2,3)14(29)25-7-17(20,21)18(22,23)24/h4-6,8,11H,7H2,1-3H3,(H,25,29)(H,26,28)(H,27,30).